The maximum Gasteiger partial charge on any atom is 0.274 e. The number of amides is 2. The van der Waals surface area contributed by atoms with Gasteiger partial charge in [-0.05, 0) is 78.6 Å². The van der Waals surface area contributed by atoms with Crippen molar-refractivity contribution < 1.29 is 9.59 Å². The Labute approximate surface area is 321 Å². The van der Waals surface area contributed by atoms with Crippen LogP contribution in [0.25, 0.3) is 11.1 Å². The molecule has 3 atom stereocenters. The summed E-state index contributed by atoms with van der Waals surface area (Å²) in [6.45, 7) is 19.3. The molecule has 2 aliphatic heterocycles. The summed E-state index contributed by atoms with van der Waals surface area (Å²) in [6.07, 6.45) is 8.14. The molecule has 5 aromatic rings. The van der Waals surface area contributed by atoms with Crippen molar-refractivity contribution in [3.63, 3.8) is 0 Å². The normalized spacial score (nSPS) is 17.4. The summed E-state index contributed by atoms with van der Waals surface area (Å²) >= 11 is 3.49. The first-order valence-electron chi connectivity index (χ1n) is 19.0. The van der Waals surface area contributed by atoms with Crippen molar-refractivity contribution in [2.75, 3.05) is 26.2 Å². The second kappa shape index (κ2) is 18.0. The zero-order valence-corrected chi connectivity index (χ0v) is 34.0. The minimum atomic E-state index is -0.00666. The first-order valence-corrected chi connectivity index (χ1v) is 19.8. The van der Waals surface area contributed by atoms with Gasteiger partial charge in [0, 0.05) is 55.5 Å². The van der Waals surface area contributed by atoms with Gasteiger partial charge in [0.05, 0.1) is 27.9 Å². The lowest BCUT2D eigenvalue weighted by molar-refractivity contribution is 0.0773. The van der Waals surface area contributed by atoms with E-state index in [1.165, 1.54) is 5.56 Å². The van der Waals surface area contributed by atoms with E-state index < -0.39 is 0 Å². The maximum absolute atomic E-state index is 12.8. The molecular formula is C40H55BrN10O2. The standard InChI is InChI=1S/C21H25N5O.C17H24BrN5O.C2H6/c1-14(2)19-11-20(23-22-19)21(27)25-10-9-17(12-25)26-13-18(15(3)24-26)16-7-5-4-6-8-16;1-4-5-11(2)15-8-16(20-19-15)17(24)22-7-6-13(9-22)23-10-14(18)12(3)21-23;1-2/h4-8,11,13-14,17H,9-10,12H2,1-3H3,(H,22,23);8,10-11,13H,4-7,9H2,1-3H3,(H,19,20);1-2H3. The van der Waals surface area contributed by atoms with Crippen molar-refractivity contribution in [1.82, 2.24) is 49.8 Å². The summed E-state index contributed by atoms with van der Waals surface area (Å²) in [5.74, 6) is 0.730. The first kappa shape index (κ1) is 39.7. The highest BCUT2D eigenvalue weighted by molar-refractivity contribution is 9.10. The Morgan fingerprint density at radius 1 is 0.811 bits per heavy atom. The number of rotatable bonds is 9. The summed E-state index contributed by atoms with van der Waals surface area (Å²) in [4.78, 5) is 29.2. The first-order chi connectivity index (χ1) is 25.5. The topological polar surface area (TPSA) is 134 Å². The Bertz CT molecular complexity index is 1920. The van der Waals surface area contributed by atoms with E-state index in [2.05, 4.69) is 87.4 Å². The van der Waals surface area contributed by atoms with Gasteiger partial charge in [-0.15, -0.1) is 0 Å². The quantitative estimate of drug-likeness (QED) is 0.154. The number of hydrogen-bond donors (Lipinski definition) is 2. The van der Waals surface area contributed by atoms with Crippen LogP contribution in [0.5, 0.6) is 0 Å². The van der Waals surface area contributed by atoms with Gasteiger partial charge in [-0.2, -0.15) is 20.4 Å². The second-order valence-corrected chi connectivity index (χ2v) is 15.0. The summed E-state index contributed by atoms with van der Waals surface area (Å²) < 4.78 is 5.00. The van der Waals surface area contributed by atoms with Gasteiger partial charge in [0.25, 0.3) is 11.8 Å². The predicted molar refractivity (Wildman–Crippen MR) is 212 cm³/mol. The molecule has 7 rings (SSSR count). The van der Waals surface area contributed by atoms with Gasteiger partial charge in [-0.25, -0.2) is 0 Å². The number of likely N-dealkylation sites (tertiary alicyclic amines) is 2. The molecule has 1 aromatic carbocycles. The number of benzene rings is 1. The molecule has 0 aliphatic carbocycles. The summed E-state index contributed by atoms with van der Waals surface area (Å²) in [6, 6.07) is 14.5. The van der Waals surface area contributed by atoms with Gasteiger partial charge in [0.1, 0.15) is 11.4 Å². The molecule has 0 saturated carbocycles. The summed E-state index contributed by atoms with van der Waals surface area (Å²) in [5.41, 5.74) is 7.36. The number of halogens is 1. The van der Waals surface area contributed by atoms with Crippen LogP contribution in [0.3, 0.4) is 0 Å². The number of aryl methyl sites for hydroxylation is 2. The average Bonchev–Trinajstić information content (AvgIpc) is 4.02. The molecule has 2 N–H and O–H groups in total. The SMILES string of the molecule is CC.CCCC(C)c1cc(C(=O)N2CCC(n3cc(Br)c(C)n3)C2)n[nH]1.Cc1nn(C2CCN(C(=O)c3cc(C(C)C)[nH]n3)C2)cc1-c1ccccc1. The molecule has 2 aliphatic rings. The molecule has 2 saturated heterocycles. The molecular weight excluding hydrogens is 732 g/mol. The zero-order chi connectivity index (χ0) is 38.2. The Balaban J connectivity index is 0.000000197. The van der Waals surface area contributed by atoms with Crippen LogP contribution in [-0.4, -0.2) is 87.7 Å². The number of aromatic nitrogens is 8. The van der Waals surface area contributed by atoms with Crippen LogP contribution in [0.15, 0.2) is 59.3 Å². The number of carbonyl (C=O) groups is 2. The zero-order valence-electron chi connectivity index (χ0n) is 32.4. The van der Waals surface area contributed by atoms with E-state index in [9.17, 15) is 9.59 Å². The van der Waals surface area contributed by atoms with Crippen LogP contribution in [0.2, 0.25) is 0 Å². The van der Waals surface area contributed by atoms with E-state index in [1.807, 2.05) is 83.4 Å². The van der Waals surface area contributed by atoms with Crippen molar-refractivity contribution in [3.05, 3.63) is 93.5 Å². The molecule has 3 unspecified atom stereocenters. The largest absolute Gasteiger partial charge is 0.335 e. The lowest BCUT2D eigenvalue weighted by Crippen LogP contribution is -2.29. The Kier molecular flexibility index (Phi) is 13.5. The summed E-state index contributed by atoms with van der Waals surface area (Å²) in [7, 11) is 0. The van der Waals surface area contributed by atoms with Gasteiger partial charge >= 0.3 is 0 Å². The molecule has 0 spiro atoms. The van der Waals surface area contributed by atoms with Crippen LogP contribution < -0.4 is 0 Å². The third-order valence-electron chi connectivity index (χ3n) is 10.0. The molecule has 6 heterocycles. The fourth-order valence-electron chi connectivity index (χ4n) is 6.85. The van der Waals surface area contributed by atoms with E-state index >= 15 is 0 Å². The van der Waals surface area contributed by atoms with E-state index in [4.69, 9.17) is 5.10 Å². The number of nitrogens with one attached hydrogen (secondary N) is 2. The van der Waals surface area contributed by atoms with Crippen LogP contribution in [0.1, 0.15) is 135 Å². The van der Waals surface area contributed by atoms with E-state index in [1.54, 1.807) is 0 Å². The second-order valence-electron chi connectivity index (χ2n) is 14.2. The Morgan fingerprint density at radius 3 is 1.85 bits per heavy atom. The van der Waals surface area contributed by atoms with Crippen LogP contribution in [0, 0.1) is 13.8 Å². The number of H-pyrrole nitrogens is 2. The van der Waals surface area contributed by atoms with E-state index in [0.29, 0.717) is 36.3 Å². The highest BCUT2D eigenvalue weighted by Crippen LogP contribution is 2.29. The van der Waals surface area contributed by atoms with Gasteiger partial charge in [-0.1, -0.05) is 78.3 Å². The van der Waals surface area contributed by atoms with Crippen LogP contribution >= 0.6 is 15.9 Å². The smallest absolute Gasteiger partial charge is 0.274 e. The maximum atomic E-state index is 12.8. The predicted octanol–water partition coefficient (Wildman–Crippen LogP) is 8.49. The molecule has 13 heteroatoms. The number of nitrogens with zero attached hydrogens (tertiary/aromatic N) is 8. The fraction of sp³-hybridized carbons (Fsp3) is 0.500. The Hall–Kier alpha value is -4.52. The molecule has 0 bridgehead atoms. The number of hydrogen-bond acceptors (Lipinski definition) is 6. The third kappa shape index (κ3) is 9.35. The summed E-state index contributed by atoms with van der Waals surface area (Å²) in [5, 5.41) is 23.7. The molecule has 0 radical (unpaired) electrons. The van der Waals surface area contributed by atoms with E-state index in [-0.39, 0.29) is 23.9 Å². The minimum absolute atomic E-state index is 0.00615. The third-order valence-corrected chi connectivity index (χ3v) is 10.8. The number of carbonyl (C=O) groups excluding carboxylic acids is 2. The van der Waals surface area contributed by atoms with Gasteiger partial charge in [0.15, 0.2) is 0 Å². The molecule has 53 heavy (non-hydrogen) atoms. The molecule has 4 aromatic heterocycles. The molecule has 12 nitrogen and oxygen atoms in total. The Morgan fingerprint density at radius 2 is 1.34 bits per heavy atom. The fourth-order valence-corrected chi connectivity index (χ4v) is 7.14. The lowest BCUT2D eigenvalue weighted by atomic mass is 10.0. The van der Waals surface area contributed by atoms with Gasteiger partial charge in [-0.3, -0.25) is 29.2 Å². The van der Waals surface area contributed by atoms with Gasteiger partial charge < -0.3 is 9.80 Å². The highest BCUT2D eigenvalue weighted by atomic mass is 79.9. The van der Waals surface area contributed by atoms with Crippen molar-refractivity contribution in [2.24, 2.45) is 0 Å². The lowest BCUT2D eigenvalue weighted by Gasteiger charge is -2.15. The average molecular weight is 788 g/mol. The molecule has 2 amide bonds. The van der Waals surface area contributed by atoms with Crippen molar-refractivity contribution >= 4 is 27.7 Å². The van der Waals surface area contributed by atoms with Crippen LogP contribution in [0.4, 0.5) is 0 Å². The van der Waals surface area contributed by atoms with Gasteiger partial charge in [0.2, 0.25) is 0 Å². The highest BCUT2D eigenvalue weighted by Gasteiger charge is 2.31. The minimum Gasteiger partial charge on any atom is -0.335 e. The van der Waals surface area contributed by atoms with Crippen molar-refractivity contribution in [2.45, 2.75) is 105 Å². The van der Waals surface area contributed by atoms with Crippen molar-refractivity contribution in [3.8, 4) is 11.1 Å². The van der Waals surface area contributed by atoms with E-state index in [0.717, 1.165) is 71.6 Å². The van der Waals surface area contributed by atoms with Crippen molar-refractivity contribution in [1.29, 1.82) is 0 Å². The molecule has 284 valence electrons. The monoisotopic (exact) mass is 786 g/mol. The molecule has 2 fully saturated rings. The number of aromatic amines is 2. The van der Waals surface area contributed by atoms with Crippen LogP contribution in [-0.2, 0) is 0 Å².